The third-order valence-electron chi connectivity index (χ3n) is 4.39. The van der Waals surface area contributed by atoms with E-state index in [-0.39, 0.29) is 0 Å². The molecule has 1 atom stereocenters. The van der Waals surface area contributed by atoms with Crippen LogP contribution in [0.5, 0.6) is 0 Å². The molecule has 0 amide bonds. The van der Waals surface area contributed by atoms with Gasteiger partial charge in [0.15, 0.2) is 0 Å². The Hall–Kier alpha value is -1.33. The second kappa shape index (κ2) is 6.84. The van der Waals surface area contributed by atoms with Crippen LogP contribution in [0.25, 0.3) is 10.6 Å². The van der Waals surface area contributed by atoms with Crippen LogP contribution in [0.1, 0.15) is 37.4 Å². The highest BCUT2D eigenvalue weighted by atomic mass is 32.1. The van der Waals surface area contributed by atoms with E-state index in [1.165, 1.54) is 25.9 Å². The molecule has 0 N–H and O–H groups in total. The first-order chi connectivity index (χ1) is 10.6. The lowest BCUT2D eigenvalue weighted by Gasteiger charge is -2.35. The van der Waals surface area contributed by atoms with Crippen molar-refractivity contribution in [3.63, 3.8) is 0 Å². The molecule has 0 spiro atoms. The number of likely N-dealkylation sites (tertiary alicyclic amines) is 1. The van der Waals surface area contributed by atoms with Crippen LogP contribution < -0.4 is 0 Å². The summed E-state index contributed by atoms with van der Waals surface area (Å²) in [6, 6.07) is 0.633. The van der Waals surface area contributed by atoms with Gasteiger partial charge in [-0.1, -0.05) is 0 Å². The maximum Gasteiger partial charge on any atom is 0.103 e. The van der Waals surface area contributed by atoms with E-state index in [4.69, 9.17) is 0 Å². The molecule has 2 aromatic heterocycles. The standard InChI is InChI=1S/C17H24N4S/c1-12(2)21-8-4-5-14(11-21)9-15-17(19-7-6-18-15)16-10-20-13(3)22-16/h6-7,10,12,14H,4-5,8-9,11H2,1-3H3. The lowest BCUT2D eigenvalue weighted by molar-refractivity contribution is 0.139. The first kappa shape index (κ1) is 15.6. The summed E-state index contributed by atoms with van der Waals surface area (Å²) in [5.41, 5.74) is 2.15. The summed E-state index contributed by atoms with van der Waals surface area (Å²) in [6.45, 7) is 9.02. The molecule has 0 bridgehead atoms. The van der Waals surface area contributed by atoms with Crippen molar-refractivity contribution in [1.82, 2.24) is 19.9 Å². The number of aryl methyl sites for hydroxylation is 1. The lowest BCUT2D eigenvalue weighted by Crippen LogP contribution is -2.40. The molecule has 1 aliphatic rings. The summed E-state index contributed by atoms with van der Waals surface area (Å²) in [7, 11) is 0. The Balaban J connectivity index is 1.78. The first-order valence-electron chi connectivity index (χ1n) is 8.10. The summed E-state index contributed by atoms with van der Waals surface area (Å²) in [6.07, 6.45) is 9.13. The largest absolute Gasteiger partial charge is 0.301 e. The van der Waals surface area contributed by atoms with Gasteiger partial charge in [0.1, 0.15) is 5.69 Å². The van der Waals surface area contributed by atoms with Crippen LogP contribution in [0.15, 0.2) is 18.6 Å². The van der Waals surface area contributed by atoms with Crippen LogP contribution in [0, 0.1) is 12.8 Å². The van der Waals surface area contributed by atoms with Crippen molar-refractivity contribution in [2.45, 2.75) is 46.1 Å². The van der Waals surface area contributed by atoms with Gasteiger partial charge in [-0.2, -0.15) is 0 Å². The number of piperidine rings is 1. The SMILES string of the molecule is Cc1ncc(-c2nccnc2CC2CCCN(C(C)C)C2)s1. The number of hydrogen-bond acceptors (Lipinski definition) is 5. The van der Waals surface area contributed by atoms with E-state index in [1.54, 1.807) is 17.5 Å². The summed E-state index contributed by atoms with van der Waals surface area (Å²) >= 11 is 1.70. The zero-order valence-electron chi connectivity index (χ0n) is 13.6. The molecule has 1 aliphatic heterocycles. The van der Waals surface area contributed by atoms with Crippen molar-refractivity contribution < 1.29 is 0 Å². The third kappa shape index (κ3) is 3.52. The summed E-state index contributed by atoms with van der Waals surface area (Å²) < 4.78 is 0. The van der Waals surface area contributed by atoms with E-state index >= 15 is 0 Å². The Morgan fingerprint density at radius 3 is 2.82 bits per heavy atom. The molecule has 0 radical (unpaired) electrons. The minimum absolute atomic E-state index is 0.633. The number of thiazole rings is 1. The number of hydrogen-bond donors (Lipinski definition) is 0. The van der Waals surface area contributed by atoms with Gasteiger partial charge in [0.05, 0.1) is 15.6 Å². The highest BCUT2D eigenvalue weighted by Gasteiger charge is 2.23. The van der Waals surface area contributed by atoms with Crippen molar-refractivity contribution in [3.8, 4) is 10.6 Å². The van der Waals surface area contributed by atoms with Crippen LogP contribution in [-0.2, 0) is 6.42 Å². The fourth-order valence-corrected chi connectivity index (χ4v) is 4.00. The Kier molecular flexibility index (Phi) is 4.84. The maximum atomic E-state index is 4.63. The van der Waals surface area contributed by atoms with E-state index in [0.29, 0.717) is 12.0 Å². The zero-order chi connectivity index (χ0) is 15.5. The van der Waals surface area contributed by atoms with Gasteiger partial charge in [0, 0.05) is 31.2 Å². The van der Waals surface area contributed by atoms with E-state index in [0.717, 1.165) is 27.7 Å². The van der Waals surface area contributed by atoms with Crippen LogP contribution in [0.4, 0.5) is 0 Å². The van der Waals surface area contributed by atoms with E-state index in [9.17, 15) is 0 Å². The number of rotatable bonds is 4. The van der Waals surface area contributed by atoms with Gasteiger partial charge >= 0.3 is 0 Å². The van der Waals surface area contributed by atoms with Crippen LogP contribution in [0.3, 0.4) is 0 Å². The molecule has 118 valence electrons. The molecule has 5 heteroatoms. The molecule has 3 rings (SSSR count). The maximum absolute atomic E-state index is 4.63. The van der Waals surface area contributed by atoms with Crippen molar-refractivity contribution in [2.75, 3.05) is 13.1 Å². The Bertz CT molecular complexity index is 623. The Morgan fingerprint density at radius 2 is 2.09 bits per heavy atom. The molecule has 4 nitrogen and oxygen atoms in total. The van der Waals surface area contributed by atoms with Crippen LogP contribution in [0.2, 0.25) is 0 Å². The summed E-state index contributed by atoms with van der Waals surface area (Å²) in [5, 5.41) is 1.08. The summed E-state index contributed by atoms with van der Waals surface area (Å²) in [5.74, 6) is 0.681. The Morgan fingerprint density at radius 1 is 1.27 bits per heavy atom. The highest BCUT2D eigenvalue weighted by Crippen LogP contribution is 2.29. The van der Waals surface area contributed by atoms with Crippen molar-refractivity contribution >= 4 is 11.3 Å². The van der Waals surface area contributed by atoms with Gasteiger partial charge in [-0.25, -0.2) is 4.98 Å². The molecule has 0 saturated carbocycles. The fraction of sp³-hybridized carbons (Fsp3) is 0.588. The number of aromatic nitrogens is 3. The quantitative estimate of drug-likeness (QED) is 0.865. The normalized spacial score (nSPS) is 19.7. The molecule has 1 unspecified atom stereocenters. The van der Waals surface area contributed by atoms with E-state index < -0.39 is 0 Å². The van der Waals surface area contributed by atoms with E-state index in [1.807, 2.05) is 19.3 Å². The minimum Gasteiger partial charge on any atom is -0.301 e. The average molecular weight is 316 g/mol. The number of nitrogens with zero attached hydrogens (tertiary/aromatic N) is 4. The molecule has 0 aromatic carbocycles. The predicted octanol–water partition coefficient (Wildman–Crippen LogP) is 3.57. The second-order valence-electron chi connectivity index (χ2n) is 6.40. The topological polar surface area (TPSA) is 41.9 Å². The molecule has 1 saturated heterocycles. The van der Waals surface area contributed by atoms with E-state index in [2.05, 4.69) is 33.7 Å². The van der Waals surface area contributed by atoms with Crippen molar-refractivity contribution in [3.05, 3.63) is 29.3 Å². The molecular formula is C17H24N4S. The van der Waals surface area contributed by atoms with Crippen LogP contribution in [-0.4, -0.2) is 39.0 Å². The van der Waals surface area contributed by atoms with Crippen molar-refractivity contribution in [2.24, 2.45) is 5.92 Å². The van der Waals surface area contributed by atoms with Gasteiger partial charge in [-0.3, -0.25) is 9.97 Å². The van der Waals surface area contributed by atoms with Gasteiger partial charge < -0.3 is 4.90 Å². The first-order valence-corrected chi connectivity index (χ1v) is 8.92. The fourth-order valence-electron chi connectivity index (χ4n) is 3.20. The monoisotopic (exact) mass is 316 g/mol. The molecule has 2 aromatic rings. The van der Waals surface area contributed by atoms with Gasteiger partial charge in [0.25, 0.3) is 0 Å². The van der Waals surface area contributed by atoms with Gasteiger partial charge in [0.2, 0.25) is 0 Å². The molecular weight excluding hydrogens is 292 g/mol. The highest BCUT2D eigenvalue weighted by molar-refractivity contribution is 7.15. The lowest BCUT2D eigenvalue weighted by atomic mass is 9.92. The molecule has 22 heavy (non-hydrogen) atoms. The molecule has 0 aliphatic carbocycles. The van der Waals surface area contributed by atoms with Gasteiger partial charge in [-0.05, 0) is 52.5 Å². The molecule has 3 heterocycles. The minimum atomic E-state index is 0.633. The molecule has 1 fully saturated rings. The van der Waals surface area contributed by atoms with Gasteiger partial charge in [-0.15, -0.1) is 11.3 Å². The Labute approximate surface area is 136 Å². The smallest absolute Gasteiger partial charge is 0.103 e. The predicted molar refractivity (Wildman–Crippen MR) is 91.0 cm³/mol. The average Bonchev–Trinajstić information content (AvgIpc) is 2.94. The third-order valence-corrected chi connectivity index (χ3v) is 5.31. The summed E-state index contributed by atoms with van der Waals surface area (Å²) in [4.78, 5) is 17.3. The van der Waals surface area contributed by atoms with Crippen LogP contribution >= 0.6 is 11.3 Å². The zero-order valence-corrected chi connectivity index (χ0v) is 14.4. The van der Waals surface area contributed by atoms with Crippen molar-refractivity contribution in [1.29, 1.82) is 0 Å². The second-order valence-corrected chi connectivity index (χ2v) is 7.63.